The van der Waals surface area contributed by atoms with Gasteiger partial charge in [-0.3, -0.25) is 14.2 Å². The van der Waals surface area contributed by atoms with Crippen molar-refractivity contribution in [2.24, 2.45) is 0 Å². The summed E-state index contributed by atoms with van der Waals surface area (Å²) in [7, 11) is 0. The molecule has 4 heterocycles. The fraction of sp³-hybridized carbons (Fsp3) is 0.300. The van der Waals surface area contributed by atoms with E-state index in [4.69, 9.17) is 4.74 Å². The van der Waals surface area contributed by atoms with Crippen molar-refractivity contribution < 1.29 is 25.2 Å². The summed E-state index contributed by atoms with van der Waals surface area (Å²) >= 11 is 0. The van der Waals surface area contributed by atoms with Gasteiger partial charge in [0.05, 0.1) is 23.2 Å². The standard InChI is InChI=1S/C20H18N2O6/c23-8-14-17(25)18(26)19(27)20(28-14)9-1-2-10-11-5-6-21-12-3-4-15(24)22(16(11)12)13(10)7-9/h1-7,14,17-20,23,25-27H,8H2/t14-,17-,18+,19-,20+/m1/s1. The molecule has 0 amide bonds. The third-order valence-corrected chi connectivity index (χ3v) is 5.55. The van der Waals surface area contributed by atoms with E-state index in [1.807, 2.05) is 12.1 Å². The van der Waals surface area contributed by atoms with E-state index in [1.165, 1.54) is 6.07 Å². The first-order valence-corrected chi connectivity index (χ1v) is 8.97. The summed E-state index contributed by atoms with van der Waals surface area (Å²) in [4.78, 5) is 16.9. The number of aromatic nitrogens is 2. The second-order valence-corrected chi connectivity index (χ2v) is 7.13. The summed E-state index contributed by atoms with van der Waals surface area (Å²) in [5, 5.41) is 41.6. The van der Waals surface area contributed by atoms with Gasteiger partial charge in [0.2, 0.25) is 0 Å². The number of aliphatic hydroxyl groups excluding tert-OH is 4. The minimum atomic E-state index is -1.46. The van der Waals surface area contributed by atoms with Crippen LogP contribution in [0, 0.1) is 0 Å². The Morgan fingerprint density at radius 2 is 1.82 bits per heavy atom. The molecule has 0 unspecified atom stereocenters. The van der Waals surface area contributed by atoms with Gasteiger partial charge in [-0.25, -0.2) is 0 Å². The van der Waals surface area contributed by atoms with E-state index >= 15 is 0 Å². The molecule has 8 nitrogen and oxygen atoms in total. The number of ether oxygens (including phenoxy) is 1. The fourth-order valence-corrected chi connectivity index (χ4v) is 4.13. The molecule has 5 rings (SSSR count). The van der Waals surface area contributed by atoms with Gasteiger partial charge in [-0.15, -0.1) is 0 Å². The predicted octanol–water partition coefficient (Wildman–Crippen LogP) is -0.0464. The molecule has 0 aliphatic carbocycles. The second kappa shape index (κ2) is 6.20. The molecule has 1 aromatic carbocycles. The number of aliphatic hydroxyl groups is 4. The van der Waals surface area contributed by atoms with Crippen LogP contribution in [0.5, 0.6) is 0 Å². The van der Waals surface area contributed by atoms with E-state index in [9.17, 15) is 25.2 Å². The molecule has 5 atom stereocenters. The Bertz CT molecular complexity index is 1240. The molecule has 8 heteroatoms. The molecular weight excluding hydrogens is 364 g/mol. The highest BCUT2D eigenvalue weighted by Crippen LogP contribution is 2.36. The molecule has 0 radical (unpaired) electrons. The van der Waals surface area contributed by atoms with Crippen molar-refractivity contribution in [2.45, 2.75) is 30.5 Å². The highest BCUT2D eigenvalue weighted by Gasteiger charge is 2.44. The van der Waals surface area contributed by atoms with Crippen LogP contribution >= 0.6 is 0 Å². The molecule has 28 heavy (non-hydrogen) atoms. The van der Waals surface area contributed by atoms with Crippen molar-refractivity contribution in [1.82, 2.24) is 9.38 Å². The highest BCUT2D eigenvalue weighted by atomic mass is 16.5. The molecule has 0 saturated carbocycles. The molecule has 1 aliphatic heterocycles. The van der Waals surface area contributed by atoms with Crippen molar-refractivity contribution in [3.8, 4) is 0 Å². The Labute approximate surface area is 158 Å². The third-order valence-electron chi connectivity index (χ3n) is 5.55. The lowest BCUT2D eigenvalue weighted by Crippen LogP contribution is -2.55. The van der Waals surface area contributed by atoms with Crippen LogP contribution in [0.4, 0.5) is 0 Å². The first-order valence-electron chi connectivity index (χ1n) is 8.97. The SMILES string of the molecule is O=c1ccc2nccc3c4ccc([C@@H]5O[C@H](CO)[C@@H](O)[C@H](O)[C@H]5O)cc4n1c23. The zero-order valence-electron chi connectivity index (χ0n) is 14.6. The van der Waals surface area contributed by atoms with Gasteiger partial charge in [0.15, 0.2) is 0 Å². The average Bonchev–Trinajstić information content (AvgIpc) is 3.05. The maximum absolute atomic E-state index is 12.6. The fourth-order valence-electron chi connectivity index (χ4n) is 4.13. The van der Waals surface area contributed by atoms with Crippen molar-refractivity contribution in [3.05, 3.63) is 58.5 Å². The minimum absolute atomic E-state index is 0.202. The number of pyridine rings is 2. The molecule has 0 bridgehead atoms. The first kappa shape index (κ1) is 17.5. The van der Waals surface area contributed by atoms with Gasteiger partial charge in [0.1, 0.15) is 30.5 Å². The smallest absolute Gasteiger partial charge is 0.255 e. The molecular formula is C20H18N2O6. The molecule has 4 N–H and O–H groups in total. The van der Waals surface area contributed by atoms with E-state index in [0.29, 0.717) is 16.6 Å². The molecule has 0 spiro atoms. The topological polar surface area (TPSA) is 125 Å². The highest BCUT2D eigenvalue weighted by molar-refractivity contribution is 6.12. The van der Waals surface area contributed by atoms with Crippen LogP contribution in [-0.2, 0) is 4.74 Å². The Kier molecular flexibility index (Phi) is 3.87. The molecule has 4 aromatic rings. The largest absolute Gasteiger partial charge is 0.394 e. The van der Waals surface area contributed by atoms with Crippen molar-refractivity contribution >= 4 is 27.3 Å². The van der Waals surface area contributed by atoms with Crippen molar-refractivity contribution in [3.63, 3.8) is 0 Å². The van der Waals surface area contributed by atoms with Crippen molar-refractivity contribution in [2.75, 3.05) is 6.61 Å². The normalized spacial score (nSPS) is 28.5. The van der Waals surface area contributed by atoms with Crippen molar-refractivity contribution in [1.29, 1.82) is 0 Å². The van der Waals surface area contributed by atoms with E-state index in [-0.39, 0.29) is 5.56 Å². The van der Waals surface area contributed by atoms with E-state index in [0.717, 1.165) is 16.3 Å². The Morgan fingerprint density at radius 1 is 1.00 bits per heavy atom. The molecule has 144 valence electrons. The first-order chi connectivity index (χ1) is 13.5. The molecule has 1 aliphatic rings. The maximum atomic E-state index is 12.6. The summed E-state index contributed by atoms with van der Waals surface area (Å²) < 4.78 is 7.22. The summed E-state index contributed by atoms with van der Waals surface area (Å²) in [6, 6.07) is 10.3. The summed E-state index contributed by atoms with van der Waals surface area (Å²) in [5.74, 6) is 0. The van der Waals surface area contributed by atoms with Gasteiger partial charge in [0.25, 0.3) is 5.56 Å². The van der Waals surface area contributed by atoms with Gasteiger partial charge in [-0.1, -0.05) is 12.1 Å². The van der Waals surface area contributed by atoms with Gasteiger partial charge in [-0.2, -0.15) is 0 Å². The molecule has 3 aromatic heterocycles. The number of hydrogen-bond acceptors (Lipinski definition) is 7. The number of benzene rings is 1. The van der Waals surface area contributed by atoms with Crippen LogP contribution in [-0.4, -0.2) is 60.8 Å². The summed E-state index contributed by atoms with van der Waals surface area (Å²) in [6.45, 7) is -0.498. The lowest BCUT2D eigenvalue weighted by molar-refractivity contribution is -0.231. The number of fused-ring (bicyclic) bond motifs is 3. The van der Waals surface area contributed by atoms with Crippen LogP contribution in [0.2, 0.25) is 0 Å². The minimum Gasteiger partial charge on any atom is -0.394 e. The summed E-state index contributed by atoms with van der Waals surface area (Å²) in [5.41, 5.74) is 2.37. The monoisotopic (exact) mass is 382 g/mol. The summed E-state index contributed by atoms with van der Waals surface area (Å²) in [6.07, 6.45) is -4.53. The van der Waals surface area contributed by atoms with Gasteiger partial charge >= 0.3 is 0 Å². The van der Waals surface area contributed by atoms with Crippen LogP contribution in [0.3, 0.4) is 0 Å². The Balaban J connectivity index is 1.73. The van der Waals surface area contributed by atoms with E-state index < -0.39 is 37.1 Å². The van der Waals surface area contributed by atoms with E-state index in [2.05, 4.69) is 4.98 Å². The molecule has 1 saturated heterocycles. The average molecular weight is 382 g/mol. The Hall–Kier alpha value is -2.62. The van der Waals surface area contributed by atoms with Gasteiger partial charge < -0.3 is 25.2 Å². The van der Waals surface area contributed by atoms with Crippen LogP contribution in [0.15, 0.2) is 47.4 Å². The van der Waals surface area contributed by atoms with Crippen LogP contribution in [0.25, 0.3) is 27.3 Å². The van der Waals surface area contributed by atoms with E-state index in [1.54, 1.807) is 28.8 Å². The zero-order chi connectivity index (χ0) is 19.6. The number of hydrogen-bond donors (Lipinski definition) is 4. The third kappa shape index (κ3) is 2.30. The van der Waals surface area contributed by atoms with Gasteiger partial charge in [0, 0.05) is 23.0 Å². The second-order valence-electron chi connectivity index (χ2n) is 7.13. The Morgan fingerprint density at radius 3 is 2.61 bits per heavy atom. The predicted molar refractivity (Wildman–Crippen MR) is 100 cm³/mol. The quantitative estimate of drug-likeness (QED) is 0.383. The van der Waals surface area contributed by atoms with Gasteiger partial charge in [-0.05, 0) is 23.8 Å². The lowest BCUT2D eigenvalue weighted by atomic mass is 9.91. The molecule has 1 fully saturated rings. The van der Waals surface area contributed by atoms with Crippen LogP contribution < -0.4 is 5.56 Å². The van der Waals surface area contributed by atoms with Crippen LogP contribution in [0.1, 0.15) is 11.7 Å². The number of rotatable bonds is 2. The lowest BCUT2D eigenvalue weighted by Gasteiger charge is -2.40. The number of nitrogens with zero attached hydrogens (tertiary/aromatic N) is 2. The maximum Gasteiger partial charge on any atom is 0.255 e. The zero-order valence-corrected chi connectivity index (χ0v) is 14.6.